The Hall–Kier alpha value is -2.06. The summed E-state index contributed by atoms with van der Waals surface area (Å²) in [7, 11) is 0. The van der Waals surface area contributed by atoms with Gasteiger partial charge in [-0.2, -0.15) is 0 Å². The molecule has 4 nitrogen and oxygen atoms in total. The SMILES string of the molecule is CC1C(=O)CCCC1=Cc1ccccc1.N=[N+]=N. The molecule has 0 heterocycles. The van der Waals surface area contributed by atoms with Crippen molar-refractivity contribution >= 4 is 11.9 Å². The predicted octanol–water partition coefficient (Wildman–Crippen LogP) is 3.57. The molecule has 1 saturated carbocycles. The maximum Gasteiger partial charge on any atom is 0.211 e. The fraction of sp³-hybridized carbons (Fsp3) is 0.357. The Balaban J connectivity index is 0.000000492. The van der Waals surface area contributed by atoms with Gasteiger partial charge in [-0.25, -0.2) is 0 Å². The lowest BCUT2D eigenvalue weighted by Crippen LogP contribution is -2.18. The van der Waals surface area contributed by atoms with Crippen molar-refractivity contribution in [3.63, 3.8) is 0 Å². The van der Waals surface area contributed by atoms with Gasteiger partial charge in [0.25, 0.3) is 0 Å². The van der Waals surface area contributed by atoms with Crippen LogP contribution in [0, 0.1) is 17.0 Å². The molecule has 2 N–H and O–H groups in total. The number of ketones is 1. The largest absolute Gasteiger partial charge is 0.299 e. The molecule has 0 aromatic heterocycles. The fourth-order valence-corrected chi connectivity index (χ4v) is 2.07. The molecule has 1 aromatic carbocycles. The standard InChI is InChI=1S/C14H16O.H2N3/c1-11-13(8-5-9-14(11)15)10-12-6-3-2-4-7-12;1-3-2/h2-4,6-7,10-11H,5,8-9H2,1H3;1-2H/q;+1. The predicted molar refractivity (Wildman–Crippen MR) is 70.0 cm³/mol. The maximum absolute atomic E-state index is 11.6. The van der Waals surface area contributed by atoms with Crippen molar-refractivity contribution in [3.8, 4) is 0 Å². The van der Waals surface area contributed by atoms with Gasteiger partial charge >= 0.3 is 0 Å². The third-order valence-electron chi connectivity index (χ3n) is 3.08. The minimum atomic E-state index is 0.124. The monoisotopic (exact) mass is 244 g/mol. The van der Waals surface area contributed by atoms with Gasteiger partial charge in [0.05, 0.1) is 0 Å². The van der Waals surface area contributed by atoms with Crippen LogP contribution in [0.2, 0.25) is 0 Å². The first-order valence-electron chi connectivity index (χ1n) is 6.00. The van der Waals surface area contributed by atoms with Crippen LogP contribution in [0.4, 0.5) is 0 Å². The summed E-state index contributed by atoms with van der Waals surface area (Å²) in [4.78, 5) is 13.6. The van der Waals surface area contributed by atoms with Crippen molar-refractivity contribution in [3.05, 3.63) is 41.5 Å². The second-order valence-corrected chi connectivity index (χ2v) is 4.28. The summed E-state index contributed by atoms with van der Waals surface area (Å²) in [6.45, 7) is 2.02. The summed E-state index contributed by atoms with van der Waals surface area (Å²) < 4.78 is 0. The molecule has 1 aliphatic rings. The second kappa shape index (κ2) is 7.30. The van der Waals surface area contributed by atoms with Gasteiger partial charge in [0.15, 0.2) is 0 Å². The Labute approximate surface area is 107 Å². The van der Waals surface area contributed by atoms with E-state index >= 15 is 0 Å². The van der Waals surface area contributed by atoms with E-state index in [1.54, 1.807) is 0 Å². The highest BCUT2D eigenvalue weighted by atomic mass is 16.1. The minimum Gasteiger partial charge on any atom is -0.299 e. The van der Waals surface area contributed by atoms with Gasteiger partial charge in [0, 0.05) is 12.3 Å². The van der Waals surface area contributed by atoms with E-state index in [4.69, 9.17) is 11.1 Å². The number of hydrogen-bond donors (Lipinski definition) is 2. The molecule has 1 unspecified atom stereocenters. The molecule has 0 saturated heterocycles. The van der Waals surface area contributed by atoms with Crippen LogP contribution in [0.3, 0.4) is 0 Å². The van der Waals surface area contributed by atoms with E-state index in [-0.39, 0.29) is 5.92 Å². The molecular formula is C14H18N3O+. The van der Waals surface area contributed by atoms with Crippen LogP contribution < -0.4 is 4.91 Å². The highest BCUT2D eigenvalue weighted by Gasteiger charge is 2.21. The molecule has 0 radical (unpaired) electrons. The molecule has 4 heteroatoms. The van der Waals surface area contributed by atoms with E-state index in [2.05, 4.69) is 18.2 Å². The molecule has 1 aromatic rings. The Morgan fingerprint density at radius 1 is 1.22 bits per heavy atom. The summed E-state index contributed by atoms with van der Waals surface area (Å²) >= 11 is 0. The van der Waals surface area contributed by atoms with Gasteiger partial charge in [-0.3, -0.25) is 4.79 Å². The van der Waals surface area contributed by atoms with Crippen molar-refractivity contribution in [2.45, 2.75) is 26.2 Å². The van der Waals surface area contributed by atoms with Gasteiger partial charge in [-0.05, 0) is 18.4 Å². The van der Waals surface area contributed by atoms with Crippen LogP contribution in [0.1, 0.15) is 31.7 Å². The molecule has 0 aliphatic heterocycles. The van der Waals surface area contributed by atoms with Crippen LogP contribution in [-0.4, -0.2) is 5.78 Å². The number of rotatable bonds is 1. The molecule has 1 aliphatic carbocycles. The van der Waals surface area contributed by atoms with Crippen molar-refractivity contribution in [2.75, 3.05) is 0 Å². The van der Waals surface area contributed by atoms with Crippen LogP contribution in [0.15, 0.2) is 35.9 Å². The number of nitrogens with one attached hydrogen (secondary N) is 2. The van der Waals surface area contributed by atoms with E-state index in [0.717, 1.165) is 19.3 Å². The average molecular weight is 244 g/mol. The number of nitrogens with zero attached hydrogens (tertiary/aromatic N) is 1. The van der Waals surface area contributed by atoms with Crippen LogP contribution in [0.25, 0.3) is 6.08 Å². The average Bonchev–Trinajstić information content (AvgIpc) is 2.37. The van der Waals surface area contributed by atoms with E-state index in [9.17, 15) is 4.79 Å². The van der Waals surface area contributed by atoms with Crippen molar-refractivity contribution in [1.82, 2.24) is 4.91 Å². The zero-order valence-electron chi connectivity index (χ0n) is 10.5. The molecule has 0 amide bonds. The summed E-state index contributed by atoms with van der Waals surface area (Å²) in [5, 5.41) is 0. The van der Waals surface area contributed by atoms with E-state index in [0.29, 0.717) is 5.78 Å². The molecule has 18 heavy (non-hydrogen) atoms. The first kappa shape index (κ1) is 14.0. The number of carbonyl (C=O) groups excluding carboxylic acids is 1. The number of benzene rings is 1. The minimum absolute atomic E-state index is 0.124. The van der Waals surface area contributed by atoms with Crippen molar-refractivity contribution < 1.29 is 4.79 Å². The molecule has 1 fully saturated rings. The summed E-state index contributed by atoms with van der Waals surface area (Å²) in [6.07, 6.45) is 5.01. The summed E-state index contributed by atoms with van der Waals surface area (Å²) in [5.41, 5.74) is 13.5. The van der Waals surface area contributed by atoms with Crippen molar-refractivity contribution in [1.29, 1.82) is 11.1 Å². The van der Waals surface area contributed by atoms with Gasteiger partial charge in [-0.15, -0.1) is 0 Å². The van der Waals surface area contributed by atoms with Gasteiger partial charge in [0.1, 0.15) is 16.8 Å². The van der Waals surface area contributed by atoms with Crippen LogP contribution in [-0.2, 0) is 4.79 Å². The second-order valence-electron chi connectivity index (χ2n) is 4.28. The lowest BCUT2D eigenvalue weighted by atomic mass is 9.83. The first-order chi connectivity index (χ1) is 8.69. The smallest absolute Gasteiger partial charge is 0.211 e. The van der Waals surface area contributed by atoms with Crippen molar-refractivity contribution in [2.24, 2.45) is 5.92 Å². The van der Waals surface area contributed by atoms with Crippen LogP contribution >= 0.6 is 0 Å². The first-order valence-corrected chi connectivity index (χ1v) is 6.00. The third-order valence-corrected chi connectivity index (χ3v) is 3.08. The lowest BCUT2D eigenvalue weighted by molar-refractivity contribution is -0.122. The van der Waals surface area contributed by atoms with Gasteiger partial charge in [0.2, 0.25) is 4.91 Å². The van der Waals surface area contributed by atoms with Gasteiger partial charge < -0.3 is 0 Å². The topological polar surface area (TPSA) is 78.9 Å². The third kappa shape index (κ3) is 4.07. The summed E-state index contributed by atoms with van der Waals surface area (Å²) in [6, 6.07) is 10.2. The maximum atomic E-state index is 11.6. The normalized spacial score (nSPS) is 20.8. The highest BCUT2D eigenvalue weighted by Crippen LogP contribution is 2.27. The molecule has 2 rings (SSSR count). The molecule has 94 valence electrons. The molecule has 0 spiro atoms. The van der Waals surface area contributed by atoms with E-state index < -0.39 is 0 Å². The summed E-state index contributed by atoms with van der Waals surface area (Å²) in [5.74, 6) is 0.516. The zero-order chi connectivity index (χ0) is 13.4. The number of hydrogen-bond acceptors (Lipinski definition) is 3. The van der Waals surface area contributed by atoms with Crippen LogP contribution in [0.5, 0.6) is 0 Å². The number of Topliss-reactive ketones (excluding diaryl/α,β-unsaturated/α-hetero) is 1. The fourth-order valence-electron chi connectivity index (χ4n) is 2.07. The Bertz CT molecular complexity index is 459. The Morgan fingerprint density at radius 3 is 2.44 bits per heavy atom. The highest BCUT2D eigenvalue weighted by molar-refractivity contribution is 5.85. The Morgan fingerprint density at radius 2 is 1.83 bits per heavy atom. The number of allylic oxidation sites excluding steroid dienone is 1. The lowest BCUT2D eigenvalue weighted by Gasteiger charge is -2.20. The molecule has 1 atom stereocenters. The molecule has 0 bridgehead atoms. The van der Waals surface area contributed by atoms with E-state index in [1.807, 2.05) is 30.0 Å². The Kier molecular flexibility index (Phi) is 5.68. The van der Waals surface area contributed by atoms with E-state index in [1.165, 1.54) is 11.1 Å². The molecular weight excluding hydrogens is 226 g/mol. The van der Waals surface area contributed by atoms with Gasteiger partial charge in [-0.1, -0.05) is 48.9 Å². The zero-order valence-corrected chi connectivity index (χ0v) is 10.5. The quantitative estimate of drug-likeness (QED) is 0.574. The number of carbonyl (C=O) groups is 1.